The number of carbonyl (C=O) groups is 2. The van der Waals surface area contributed by atoms with Crippen LogP contribution in [0.3, 0.4) is 0 Å². The highest BCUT2D eigenvalue weighted by molar-refractivity contribution is 7.91. The van der Waals surface area contributed by atoms with Crippen molar-refractivity contribution in [3.8, 4) is 0 Å². The Hall–Kier alpha value is -1.96. The van der Waals surface area contributed by atoms with Crippen LogP contribution in [0, 0.1) is 5.82 Å². The molecule has 2 amide bonds. The van der Waals surface area contributed by atoms with E-state index in [0.29, 0.717) is 19.4 Å². The summed E-state index contributed by atoms with van der Waals surface area (Å²) < 4.78 is 35.7. The molecule has 0 aliphatic carbocycles. The zero-order chi connectivity index (χ0) is 17.7. The first-order valence-electron chi connectivity index (χ1n) is 7.74. The number of hydrogen-bond donors (Lipinski definition) is 1. The summed E-state index contributed by atoms with van der Waals surface area (Å²) in [6, 6.07) is 5.63. The van der Waals surface area contributed by atoms with Crippen molar-refractivity contribution in [3.05, 3.63) is 35.6 Å². The number of benzene rings is 1. The topological polar surface area (TPSA) is 83.6 Å². The lowest BCUT2D eigenvalue weighted by Crippen LogP contribution is -2.40. The lowest BCUT2D eigenvalue weighted by Gasteiger charge is -2.23. The van der Waals surface area contributed by atoms with Gasteiger partial charge in [-0.05, 0) is 30.5 Å². The van der Waals surface area contributed by atoms with Crippen molar-refractivity contribution in [3.63, 3.8) is 0 Å². The molecule has 6 nitrogen and oxygen atoms in total. The zero-order valence-corrected chi connectivity index (χ0v) is 14.3. The third-order valence-corrected chi connectivity index (χ3v) is 5.86. The second kappa shape index (κ2) is 7.74. The quantitative estimate of drug-likeness (QED) is 0.753. The van der Waals surface area contributed by atoms with Crippen LogP contribution in [0.1, 0.15) is 18.4 Å². The predicted octanol–water partition coefficient (Wildman–Crippen LogP) is 0.520. The second-order valence-electron chi connectivity index (χ2n) is 5.96. The number of nitrogens with zero attached hydrogens (tertiary/aromatic N) is 1. The Morgan fingerprint density at radius 3 is 2.54 bits per heavy atom. The maximum Gasteiger partial charge on any atom is 0.232 e. The Morgan fingerprint density at radius 1 is 1.29 bits per heavy atom. The molecule has 1 fully saturated rings. The summed E-state index contributed by atoms with van der Waals surface area (Å²) in [5.41, 5.74) is 0.885. The normalized spacial score (nSPS) is 19.0. The van der Waals surface area contributed by atoms with Crippen molar-refractivity contribution < 1.29 is 22.4 Å². The number of carbonyl (C=O) groups excluding carboxylic acids is 2. The van der Waals surface area contributed by atoms with Crippen LogP contribution in [0.2, 0.25) is 0 Å². The molecule has 2 rings (SSSR count). The number of halogens is 1. The van der Waals surface area contributed by atoms with E-state index in [2.05, 4.69) is 5.32 Å². The molecule has 24 heavy (non-hydrogen) atoms. The molecule has 0 aromatic heterocycles. The number of sulfone groups is 1. The lowest BCUT2D eigenvalue weighted by molar-refractivity contribution is -0.136. The molecule has 0 saturated carbocycles. The van der Waals surface area contributed by atoms with E-state index in [1.54, 1.807) is 12.1 Å². The lowest BCUT2D eigenvalue weighted by atomic mass is 10.1. The van der Waals surface area contributed by atoms with E-state index in [1.807, 2.05) is 0 Å². The Labute approximate surface area is 140 Å². The minimum atomic E-state index is -3.07. The first-order chi connectivity index (χ1) is 11.3. The van der Waals surface area contributed by atoms with Gasteiger partial charge in [0, 0.05) is 19.6 Å². The summed E-state index contributed by atoms with van der Waals surface area (Å²) in [4.78, 5) is 25.2. The highest BCUT2D eigenvalue weighted by atomic mass is 32.2. The van der Waals surface area contributed by atoms with E-state index >= 15 is 0 Å². The molecule has 0 radical (unpaired) electrons. The standard InChI is InChI=1S/C16H21FN2O4S/c1-19(14-7-9-24(22,23)11-14)16(21)10-15(20)18-8-6-12-2-4-13(17)5-3-12/h2-5,14H,6-11H2,1H3,(H,18,20). The molecule has 1 aromatic carbocycles. The van der Waals surface area contributed by atoms with E-state index in [9.17, 15) is 22.4 Å². The summed E-state index contributed by atoms with van der Waals surface area (Å²) >= 11 is 0. The maximum atomic E-state index is 12.8. The second-order valence-corrected chi connectivity index (χ2v) is 8.19. The van der Waals surface area contributed by atoms with Gasteiger partial charge in [0.15, 0.2) is 9.84 Å². The minimum Gasteiger partial charge on any atom is -0.355 e. The van der Waals surface area contributed by atoms with Crippen molar-refractivity contribution in [1.29, 1.82) is 0 Å². The summed E-state index contributed by atoms with van der Waals surface area (Å²) in [5.74, 6) is -1.07. The first kappa shape index (κ1) is 18.4. The summed E-state index contributed by atoms with van der Waals surface area (Å²) in [6.45, 7) is 0.346. The number of hydrogen-bond acceptors (Lipinski definition) is 4. The molecule has 1 aliphatic heterocycles. The van der Waals surface area contributed by atoms with Gasteiger partial charge in [-0.25, -0.2) is 12.8 Å². The summed E-state index contributed by atoms with van der Waals surface area (Å²) in [6.07, 6.45) is 0.643. The molecular weight excluding hydrogens is 335 g/mol. The van der Waals surface area contributed by atoms with Gasteiger partial charge < -0.3 is 10.2 Å². The van der Waals surface area contributed by atoms with Crippen LogP contribution >= 0.6 is 0 Å². The third kappa shape index (κ3) is 5.30. The molecule has 1 N–H and O–H groups in total. The van der Waals surface area contributed by atoms with Crippen LogP contribution in [0.15, 0.2) is 24.3 Å². The van der Waals surface area contributed by atoms with E-state index < -0.39 is 21.7 Å². The largest absolute Gasteiger partial charge is 0.355 e. The first-order valence-corrected chi connectivity index (χ1v) is 9.56. The van der Waals surface area contributed by atoms with Gasteiger partial charge in [0.1, 0.15) is 12.2 Å². The Balaban J connectivity index is 1.73. The summed E-state index contributed by atoms with van der Waals surface area (Å²) in [5, 5.41) is 2.64. The average Bonchev–Trinajstić information content (AvgIpc) is 2.88. The van der Waals surface area contributed by atoms with Gasteiger partial charge in [0.25, 0.3) is 0 Å². The number of nitrogens with one attached hydrogen (secondary N) is 1. The SMILES string of the molecule is CN(C(=O)CC(=O)NCCc1ccc(F)cc1)C1CCS(=O)(=O)C1. The number of amides is 2. The zero-order valence-electron chi connectivity index (χ0n) is 13.5. The van der Waals surface area contributed by atoms with Crippen molar-refractivity contribution in [1.82, 2.24) is 10.2 Å². The molecule has 0 bridgehead atoms. The Morgan fingerprint density at radius 2 is 1.96 bits per heavy atom. The molecule has 1 unspecified atom stereocenters. The van der Waals surface area contributed by atoms with E-state index in [1.165, 1.54) is 24.1 Å². The van der Waals surface area contributed by atoms with Crippen LogP contribution in [-0.4, -0.2) is 56.3 Å². The predicted molar refractivity (Wildman–Crippen MR) is 87.6 cm³/mol. The van der Waals surface area contributed by atoms with Crippen molar-refractivity contribution >= 4 is 21.7 Å². The van der Waals surface area contributed by atoms with Gasteiger partial charge in [-0.1, -0.05) is 12.1 Å². The Kier molecular flexibility index (Phi) is 5.93. The minimum absolute atomic E-state index is 0.0403. The van der Waals surface area contributed by atoms with Crippen LogP contribution < -0.4 is 5.32 Å². The van der Waals surface area contributed by atoms with Gasteiger partial charge in [0.2, 0.25) is 11.8 Å². The van der Waals surface area contributed by atoms with Gasteiger partial charge in [0.05, 0.1) is 11.5 Å². The molecule has 1 aliphatic rings. The van der Waals surface area contributed by atoms with Gasteiger partial charge >= 0.3 is 0 Å². The van der Waals surface area contributed by atoms with E-state index in [4.69, 9.17) is 0 Å². The fourth-order valence-corrected chi connectivity index (χ4v) is 4.38. The van der Waals surface area contributed by atoms with Gasteiger partial charge in [-0.3, -0.25) is 9.59 Å². The van der Waals surface area contributed by atoms with Gasteiger partial charge in [-0.2, -0.15) is 0 Å². The highest BCUT2D eigenvalue weighted by Crippen LogP contribution is 2.17. The smallest absolute Gasteiger partial charge is 0.232 e. The van der Waals surface area contributed by atoms with Crippen LogP contribution in [0.4, 0.5) is 4.39 Å². The third-order valence-electron chi connectivity index (χ3n) is 4.11. The fourth-order valence-electron chi connectivity index (χ4n) is 2.61. The molecule has 1 heterocycles. The maximum absolute atomic E-state index is 12.8. The molecule has 1 saturated heterocycles. The molecule has 1 aromatic rings. The highest BCUT2D eigenvalue weighted by Gasteiger charge is 2.33. The molecular formula is C16H21FN2O4S. The van der Waals surface area contributed by atoms with Crippen LogP contribution in [0.25, 0.3) is 0 Å². The molecule has 0 spiro atoms. The van der Waals surface area contributed by atoms with Crippen molar-refractivity contribution in [2.75, 3.05) is 25.1 Å². The molecule has 8 heteroatoms. The monoisotopic (exact) mass is 356 g/mol. The van der Waals surface area contributed by atoms with Crippen LogP contribution in [0.5, 0.6) is 0 Å². The molecule has 1 atom stereocenters. The van der Waals surface area contributed by atoms with Crippen molar-refractivity contribution in [2.45, 2.75) is 25.3 Å². The number of rotatable bonds is 6. The fraction of sp³-hybridized carbons (Fsp3) is 0.500. The van der Waals surface area contributed by atoms with Crippen LogP contribution in [-0.2, 0) is 25.8 Å². The Bertz CT molecular complexity index is 703. The molecule has 132 valence electrons. The average molecular weight is 356 g/mol. The summed E-state index contributed by atoms with van der Waals surface area (Å²) in [7, 11) is -1.54. The van der Waals surface area contributed by atoms with E-state index in [0.717, 1.165) is 5.56 Å². The van der Waals surface area contributed by atoms with Crippen molar-refractivity contribution in [2.24, 2.45) is 0 Å². The van der Waals surface area contributed by atoms with Gasteiger partial charge in [-0.15, -0.1) is 0 Å². The van der Waals surface area contributed by atoms with E-state index in [-0.39, 0.29) is 29.8 Å².